The lowest BCUT2D eigenvalue weighted by Gasteiger charge is -2.53. The average Bonchev–Trinajstić information content (AvgIpc) is 2.73. The molecule has 2 aliphatic rings. The number of fused-ring (bicyclic) bond motifs is 1. The Morgan fingerprint density at radius 1 is 1.18 bits per heavy atom. The molecule has 3 aromatic rings. The molecule has 34 heavy (non-hydrogen) atoms. The minimum absolute atomic E-state index is 0.0655. The third kappa shape index (κ3) is 3.66. The standard InChI is InChI=1S/C23H23F3N4O3S/c1-12(14-4-3-5-15(18(14)24)19(25)26)29-20-17-6-16(22(31)30(2)21(17)28-11-27-20)13-7-23(8-13)9-34(32,33)10-23/h3-6,11-13,19H,7-10H2,1-2H3,(H,27,28,29)/t12-/m1/s1. The van der Waals surface area contributed by atoms with Gasteiger partial charge >= 0.3 is 0 Å². The maximum Gasteiger partial charge on any atom is 0.266 e. The van der Waals surface area contributed by atoms with E-state index in [1.165, 1.54) is 23.0 Å². The zero-order valence-corrected chi connectivity index (χ0v) is 19.4. The summed E-state index contributed by atoms with van der Waals surface area (Å²) in [5.41, 5.74) is -0.0915. The molecular weight excluding hydrogens is 469 g/mol. The quantitative estimate of drug-likeness (QED) is 0.581. The van der Waals surface area contributed by atoms with Gasteiger partial charge in [-0.15, -0.1) is 0 Å². The summed E-state index contributed by atoms with van der Waals surface area (Å²) in [7, 11) is -1.36. The first-order valence-corrected chi connectivity index (χ1v) is 12.7. The molecular formula is C23H23F3N4O3S. The van der Waals surface area contributed by atoms with Crippen molar-refractivity contribution >= 4 is 26.7 Å². The van der Waals surface area contributed by atoms with Crippen LogP contribution in [-0.4, -0.2) is 34.5 Å². The van der Waals surface area contributed by atoms with Crippen LogP contribution in [0.25, 0.3) is 11.0 Å². The van der Waals surface area contributed by atoms with E-state index in [0.717, 1.165) is 6.07 Å². The van der Waals surface area contributed by atoms with Crippen LogP contribution >= 0.6 is 0 Å². The van der Waals surface area contributed by atoms with Crippen molar-refractivity contribution in [2.75, 3.05) is 16.8 Å². The fourth-order valence-electron chi connectivity index (χ4n) is 5.39. The molecule has 3 heterocycles. The number of nitrogens with zero attached hydrogens (tertiary/aromatic N) is 3. The van der Waals surface area contributed by atoms with Crippen molar-refractivity contribution < 1.29 is 21.6 Å². The lowest BCUT2D eigenvalue weighted by atomic mass is 9.61. The maximum atomic E-state index is 14.7. The molecule has 0 bridgehead atoms. The van der Waals surface area contributed by atoms with Gasteiger partial charge in [-0.1, -0.05) is 18.2 Å². The molecule has 1 aliphatic heterocycles. The topological polar surface area (TPSA) is 94.0 Å². The number of aromatic nitrogens is 3. The van der Waals surface area contributed by atoms with E-state index in [2.05, 4.69) is 15.3 Å². The molecule has 0 radical (unpaired) electrons. The predicted octanol–water partition coefficient (Wildman–Crippen LogP) is 3.87. The highest BCUT2D eigenvalue weighted by molar-refractivity contribution is 7.92. The molecule has 0 amide bonds. The summed E-state index contributed by atoms with van der Waals surface area (Å²) < 4.78 is 65.6. The van der Waals surface area contributed by atoms with Crippen LogP contribution in [0.1, 0.15) is 54.8 Å². The van der Waals surface area contributed by atoms with Crippen LogP contribution in [0.2, 0.25) is 0 Å². The van der Waals surface area contributed by atoms with E-state index >= 15 is 0 Å². The number of hydrogen-bond acceptors (Lipinski definition) is 6. The van der Waals surface area contributed by atoms with Crippen LogP contribution in [0.15, 0.2) is 35.4 Å². The fourth-order valence-corrected chi connectivity index (χ4v) is 7.64. The molecule has 1 spiro atoms. The summed E-state index contributed by atoms with van der Waals surface area (Å²) in [4.78, 5) is 21.5. The van der Waals surface area contributed by atoms with Gasteiger partial charge in [-0.25, -0.2) is 31.6 Å². The van der Waals surface area contributed by atoms with Crippen molar-refractivity contribution in [3.63, 3.8) is 0 Å². The molecule has 5 rings (SSSR count). The maximum absolute atomic E-state index is 14.7. The van der Waals surface area contributed by atoms with Crippen molar-refractivity contribution in [3.8, 4) is 0 Å². The largest absolute Gasteiger partial charge is 0.363 e. The van der Waals surface area contributed by atoms with E-state index < -0.39 is 33.7 Å². The normalized spacial score (nSPS) is 19.7. The van der Waals surface area contributed by atoms with Crippen molar-refractivity contribution in [3.05, 3.63) is 63.5 Å². The Kier molecular flexibility index (Phi) is 5.23. The highest BCUT2D eigenvalue weighted by Gasteiger charge is 2.56. The summed E-state index contributed by atoms with van der Waals surface area (Å²) in [5.74, 6) is -0.359. The van der Waals surface area contributed by atoms with Gasteiger partial charge in [-0.05, 0) is 37.2 Å². The number of anilines is 1. The van der Waals surface area contributed by atoms with Gasteiger partial charge < -0.3 is 5.32 Å². The summed E-state index contributed by atoms with van der Waals surface area (Å²) in [6, 6.07) is 4.89. The number of halogens is 3. The van der Waals surface area contributed by atoms with E-state index in [9.17, 15) is 26.4 Å². The van der Waals surface area contributed by atoms with Crippen LogP contribution in [0.4, 0.5) is 19.0 Å². The monoisotopic (exact) mass is 492 g/mol. The van der Waals surface area contributed by atoms with E-state index in [1.54, 1.807) is 20.0 Å². The molecule has 1 saturated heterocycles. The van der Waals surface area contributed by atoms with E-state index in [1.807, 2.05) is 0 Å². The molecule has 1 aromatic carbocycles. The Hall–Kier alpha value is -2.95. The first-order chi connectivity index (χ1) is 16.0. The molecule has 2 fully saturated rings. The molecule has 11 heteroatoms. The van der Waals surface area contributed by atoms with Gasteiger partial charge in [0.15, 0.2) is 9.84 Å². The Bertz CT molecular complexity index is 1450. The van der Waals surface area contributed by atoms with Crippen LogP contribution in [0.5, 0.6) is 0 Å². The minimum atomic E-state index is -2.96. The zero-order valence-electron chi connectivity index (χ0n) is 18.6. The van der Waals surface area contributed by atoms with Crippen molar-refractivity contribution in [2.45, 2.75) is 38.2 Å². The highest BCUT2D eigenvalue weighted by Crippen LogP contribution is 2.56. The Morgan fingerprint density at radius 3 is 2.50 bits per heavy atom. The summed E-state index contributed by atoms with van der Waals surface area (Å²) >= 11 is 0. The third-order valence-corrected chi connectivity index (χ3v) is 9.10. The van der Waals surface area contributed by atoms with Crippen molar-refractivity contribution in [1.29, 1.82) is 0 Å². The second-order valence-electron chi connectivity index (χ2n) is 9.48. The highest BCUT2D eigenvalue weighted by atomic mass is 32.2. The number of rotatable bonds is 5. The summed E-state index contributed by atoms with van der Waals surface area (Å²) in [6.07, 6.45) is -0.391. The number of sulfone groups is 1. The van der Waals surface area contributed by atoms with Gasteiger partial charge in [-0.3, -0.25) is 9.36 Å². The van der Waals surface area contributed by atoms with Gasteiger partial charge in [0, 0.05) is 18.2 Å². The average molecular weight is 493 g/mol. The first kappa shape index (κ1) is 22.8. The van der Waals surface area contributed by atoms with Gasteiger partial charge in [0.1, 0.15) is 23.6 Å². The minimum Gasteiger partial charge on any atom is -0.363 e. The second kappa shape index (κ2) is 7.79. The van der Waals surface area contributed by atoms with Gasteiger partial charge in [0.25, 0.3) is 12.0 Å². The van der Waals surface area contributed by atoms with Gasteiger partial charge in [-0.2, -0.15) is 0 Å². The molecule has 1 saturated carbocycles. The van der Waals surface area contributed by atoms with E-state index in [-0.39, 0.29) is 34.0 Å². The molecule has 7 nitrogen and oxygen atoms in total. The zero-order chi connectivity index (χ0) is 24.4. The van der Waals surface area contributed by atoms with Crippen LogP contribution in [0.3, 0.4) is 0 Å². The number of pyridine rings is 1. The molecule has 180 valence electrons. The van der Waals surface area contributed by atoms with Crippen LogP contribution in [-0.2, 0) is 16.9 Å². The van der Waals surface area contributed by atoms with Crippen molar-refractivity contribution in [1.82, 2.24) is 14.5 Å². The molecule has 1 N–H and O–H groups in total. The van der Waals surface area contributed by atoms with E-state index in [4.69, 9.17) is 0 Å². The fraction of sp³-hybridized carbons (Fsp3) is 0.435. The van der Waals surface area contributed by atoms with Gasteiger partial charge in [0.05, 0.1) is 28.5 Å². The summed E-state index contributed by atoms with van der Waals surface area (Å²) in [6.45, 7) is 1.64. The number of aryl methyl sites for hydroxylation is 1. The number of nitrogens with one attached hydrogen (secondary N) is 1. The lowest BCUT2D eigenvalue weighted by Crippen LogP contribution is -2.56. The predicted molar refractivity (Wildman–Crippen MR) is 121 cm³/mol. The van der Waals surface area contributed by atoms with Crippen LogP contribution < -0.4 is 10.9 Å². The number of alkyl halides is 2. The smallest absolute Gasteiger partial charge is 0.266 e. The first-order valence-electron chi connectivity index (χ1n) is 10.9. The van der Waals surface area contributed by atoms with Crippen molar-refractivity contribution in [2.24, 2.45) is 12.5 Å². The van der Waals surface area contributed by atoms with Crippen LogP contribution in [0, 0.1) is 11.2 Å². The Balaban J connectivity index is 1.48. The molecule has 0 unspecified atom stereocenters. The summed E-state index contributed by atoms with van der Waals surface area (Å²) in [5, 5.41) is 3.62. The third-order valence-electron chi connectivity index (χ3n) is 7.00. The number of hydrogen-bond donors (Lipinski definition) is 1. The SMILES string of the molecule is C[C@@H](Nc1ncnc2c1cc(C1CC3(C1)CS(=O)(=O)C3)c(=O)n2C)c1cccc(C(F)F)c1F. The Labute approximate surface area is 194 Å². The lowest BCUT2D eigenvalue weighted by molar-refractivity contribution is 0.137. The molecule has 1 atom stereocenters. The van der Waals surface area contributed by atoms with E-state index in [0.29, 0.717) is 35.3 Å². The molecule has 2 aromatic heterocycles. The second-order valence-corrected chi connectivity index (χ2v) is 11.5. The molecule has 1 aliphatic carbocycles. The Morgan fingerprint density at radius 2 is 1.85 bits per heavy atom. The number of benzene rings is 1. The van der Waals surface area contributed by atoms with Gasteiger partial charge in [0.2, 0.25) is 0 Å².